The first-order chi connectivity index (χ1) is 14.7. The number of rotatable bonds is 7. The van der Waals surface area contributed by atoms with Crippen molar-refractivity contribution in [2.75, 3.05) is 37.5 Å². The van der Waals surface area contributed by atoms with Gasteiger partial charge in [0.1, 0.15) is 10.7 Å². The van der Waals surface area contributed by atoms with E-state index < -0.39 is 5.91 Å². The average molecular weight is 428 g/mol. The van der Waals surface area contributed by atoms with Gasteiger partial charge in [-0.2, -0.15) is 9.97 Å². The predicted molar refractivity (Wildman–Crippen MR) is 109 cm³/mol. The second kappa shape index (κ2) is 8.99. The summed E-state index contributed by atoms with van der Waals surface area (Å²) in [5.74, 6) is 1.46. The van der Waals surface area contributed by atoms with Crippen molar-refractivity contribution in [3.63, 3.8) is 0 Å². The van der Waals surface area contributed by atoms with Crippen LogP contribution in [0.1, 0.15) is 23.4 Å². The summed E-state index contributed by atoms with van der Waals surface area (Å²) in [5, 5.41) is 3.05. The van der Waals surface area contributed by atoms with E-state index in [4.69, 9.17) is 13.9 Å². The van der Waals surface area contributed by atoms with Crippen LogP contribution in [0.15, 0.2) is 45.1 Å². The first-order valence-electron chi connectivity index (χ1n) is 9.28. The molecule has 11 heteroatoms. The van der Waals surface area contributed by atoms with Crippen LogP contribution in [0, 0.1) is 0 Å². The van der Waals surface area contributed by atoms with E-state index in [9.17, 15) is 4.79 Å². The molecule has 3 aromatic heterocycles. The van der Waals surface area contributed by atoms with Gasteiger partial charge in [0.25, 0.3) is 5.91 Å². The van der Waals surface area contributed by atoms with Gasteiger partial charge in [-0.05, 0) is 42.8 Å². The summed E-state index contributed by atoms with van der Waals surface area (Å²) in [6.07, 6.45) is 5.19. The van der Waals surface area contributed by atoms with Gasteiger partial charge in [-0.25, -0.2) is 9.97 Å². The molecule has 0 aromatic carbocycles. The van der Waals surface area contributed by atoms with Gasteiger partial charge in [-0.15, -0.1) is 0 Å². The van der Waals surface area contributed by atoms with Gasteiger partial charge in [0.15, 0.2) is 10.9 Å². The summed E-state index contributed by atoms with van der Waals surface area (Å²) >= 11 is 1.19. The van der Waals surface area contributed by atoms with E-state index in [-0.39, 0.29) is 5.76 Å². The van der Waals surface area contributed by atoms with Crippen LogP contribution in [0.3, 0.4) is 0 Å². The summed E-state index contributed by atoms with van der Waals surface area (Å²) in [7, 11) is 3.08. The highest BCUT2D eigenvalue weighted by Crippen LogP contribution is 2.40. The molecule has 1 N–H and O–H groups in total. The molecule has 1 fully saturated rings. The molecule has 0 unspecified atom stereocenters. The van der Waals surface area contributed by atoms with Crippen molar-refractivity contribution in [2.45, 2.75) is 22.9 Å². The van der Waals surface area contributed by atoms with Gasteiger partial charge in [0.05, 0.1) is 20.5 Å². The molecular weight excluding hydrogens is 408 g/mol. The lowest BCUT2D eigenvalue weighted by molar-refractivity contribution is 0.0996. The summed E-state index contributed by atoms with van der Waals surface area (Å²) in [6, 6.07) is 4.80. The molecule has 1 saturated heterocycles. The Morgan fingerprint density at radius 2 is 1.87 bits per heavy atom. The van der Waals surface area contributed by atoms with Crippen LogP contribution in [0.2, 0.25) is 0 Å². The first kappa shape index (κ1) is 20.0. The van der Waals surface area contributed by atoms with Crippen molar-refractivity contribution >= 4 is 29.4 Å². The Balaban J connectivity index is 1.58. The number of anilines is 2. The SMILES string of the molecule is COc1nc(N2CCCC2)nc(OC)c1Sc1nccc(NC(=O)c2ccco2)n1. The minimum absolute atomic E-state index is 0.192. The molecular formula is C19H20N6O4S. The fraction of sp³-hybridized carbons (Fsp3) is 0.316. The van der Waals surface area contributed by atoms with Crippen molar-refractivity contribution < 1.29 is 18.7 Å². The third kappa shape index (κ3) is 4.30. The van der Waals surface area contributed by atoms with Gasteiger partial charge in [0.2, 0.25) is 17.7 Å². The lowest BCUT2D eigenvalue weighted by Gasteiger charge is -2.18. The van der Waals surface area contributed by atoms with Crippen molar-refractivity contribution in [1.29, 1.82) is 0 Å². The minimum Gasteiger partial charge on any atom is -0.480 e. The van der Waals surface area contributed by atoms with Crippen molar-refractivity contribution in [1.82, 2.24) is 19.9 Å². The Morgan fingerprint density at radius 1 is 1.13 bits per heavy atom. The topological polar surface area (TPSA) is 116 Å². The van der Waals surface area contributed by atoms with Crippen LogP contribution in [0.25, 0.3) is 0 Å². The molecule has 10 nitrogen and oxygen atoms in total. The monoisotopic (exact) mass is 428 g/mol. The maximum Gasteiger partial charge on any atom is 0.292 e. The van der Waals surface area contributed by atoms with Crippen molar-refractivity contribution in [3.05, 3.63) is 36.4 Å². The standard InChI is InChI=1S/C19H20N6O4S/c1-27-16-14(17(28-2)24-18(23-16)25-9-3-4-10-25)30-19-20-8-7-13(22-19)21-15(26)12-6-5-11-29-12/h5-8,11H,3-4,9-10H2,1-2H3,(H,20,21,22,26). The molecule has 0 spiro atoms. The number of nitrogens with one attached hydrogen (secondary N) is 1. The molecule has 0 radical (unpaired) electrons. The van der Waals surface area contributed by atoms with Gasteiger partial charge in [-0.3, -0.25) is 4.79 Å². The second-order valence-corrected chi connectivity index (χ2v) is 7.30. The van der Waals surface area contributed by atoms with Crippen LogP contribution in [0.5, 0.6) is 11.8 Å². The maximum atomic E-state index is 12.2. The molecule has 4 heterocycles. The third-order valence-electron chi connectivity index (χ3n) is 4.38. The largest absolute Gasteiger partial charge is 0.480 e. The molecule has 0 atom stereocenters. The summed E-state index contributed by atoms with van der Waals surface area (Å²) in [6.45, 7) is 1.80. The number of furan rings is 1. The van der Waals surface area contributed by atoms with Gasteiger partial charge < -0.3 is 24.1 Å². The zero-order valence-corrected chi connectivity index (χ0v) is 17.3. The molecule has 4 rings (SSSR count). The molecule has 30 heavy (non-hydrogen) atoms. The van der Waals surface area contributed by atoms with Crippen LogP contribution >= 0.6 is 11.8 Å². The minimum atomic E-state index is -0.400. The Morgan fingerprint density at radius 3 is 2.50 bits per heavy atom. The number of aromatic nitrogens is 4. The van der Waals surface area contributed by atoms with Crippen molar-refractivity contribution in [2.24, 2.45) is 0 Å². The number of hydrogen-bond acceptors (Lipinski definition) is 10. The number of amides is 1. The van der Waals surface area contributed by atoms with Gasteiger partial charge in [0, 0.05) is 19.3 Å². The van der Waals surface area contributed by atoms with Crippen molar-refractivity contribution in [3.8, 4) is 11.8 Å². The van der Waals surface area contributed by atoms with E-state index in [1.54, 1.807) is 38.6 Å². The number of nitrogens with zero attached hydrogens (tertiary/aromatic N) is 5. The van der Waals surface area contributed by atoms with E-state index in [0.29, 0.717) is 33.6 Å². The molecule has 1 aliphatic rings. The first-order valence-corrected chi connectivity index (χ1v) is 10.1. The Kier molecular flexibility index (Phi) is 5.98. The summed E-state index contributed by atoms with van der Waals surface area (Å²) < 4.78 is 16.1. The highest BCUT2D eigenvalue weighted by molar-refractivity contribution is 7.99. The molecule has 0 bridgehead atoms. The van der Waals surface area contributed by atoms with Crippen LogP contribution in [-0.4, -0.2) is 53.2 Å². The maximum absolute atomic E-state index is 12.2. The Labute approximate surface area is 177 Å². The van der Waals surface area contributed by atoms with Crippen LogP contribution < -0.4 is 19.7 Å². The van der Waals surface area contributed by atoms with E-state index >= 15 is 0 Å². The highest BCUT2D eigenvalue weighted by Gasteiger charge is 2.23. The molecule has 0 saturated carbocycles. The zero-order valence-electron chi connectivity index (χ0n) is 16.5. The number of methoxy groups -OCH3 is 2. The molecule has 156 valence electrons. The third-order valence-corrected chi connectivity index (χ3v) is 5.31. The fourth-order valence-corrected chi connectivity index (χ4v) is 3.83. The normalized spacial score (nSPS) is 13.3. The Bertz CT molecular complexity index is 999. The molecule has 1 amide bonds. The number of ether oxygens (including phenoxy) is 2. The zero-order chi connectivity index (χ0) is 20.9. The van der Waals surface area contributed by atoms with Crippen LogP contribution in [0.4, 0.5) is 11.8 Å². The average Bonchev–Trinajstić information content (AvgIpc) is 3.48. The van der Waals surface area contributed by atoms with Gasteiger partial charge >= 0.3 is 0 Å². The number of hydrogen-bond donors (Lipinski definition) is 1. The number of carbonyl (C=O) groups excluding carboxylic acids is 1. The van der Waals surface area contributed by atoms with Gasteiger partial charge in [-0.1, -0.05) is 0 Å². The number of carbonyl (C=O) groups is 1. The van der Waals surface area contributed by atoms with E-state index in [1.807, 2.05) is 0 Å². The lowest BCUT2D eigenvalue weighted by atomic mass is 10.4. The Hall–Kier alpha value is -3.34. The van der Waals surface area contributed by atoms with E-state index in [1.165, 1.54) is 18.0 Å². The van der Waals surface area contributed by atoms with E-state index in [0.717, 1.165) is 25.9 Å². The summed E-state index contributed by atoms with van der Waals surface area (Å²) in [5.41, 5.74) is 0. The predicted octanol–water partition coefficient (Wildman–Crippen LogP) is 2.88. The fourth-order valence-electron chi connectivity index (χ4n) is 2.96. The smallest absolute Gasteiger partial charge is 0.292 e. The molecule has 1 aliphatic heterocycles. The quantitative estimate of drug-likeness (QED) is 0.563. The molecule has 3 aromatic rings. The van der Waals surface area contributed by atoms with Crippen LogP contribution in [-0.2, 0) is 0 Å². The molecule has 0 aliphatic carbocycles. The lowest BCUT2D eigenvalue weighted by Crippen LogP contribution is -2.21. The highest BCUT2D eigenvalue weighted by atomic mass is 32.2. The van der Waals surface area contributed by atoms with E-state index in [2.05, 4.69) is 30.2 Å². The second-order valence-electron chi connectivity index (χ2n) is 6.32. The summed E-state index contributed by atoms with van der Waals surface area (Å²) in [4.78, 5) is 32.5.